The van der Waals surface area contributed by atoms with Crippen LogP contribution in [0.4, 0.5) is 0 Å². The van der Waals surface area contributed by atoms with Crippen LogP contribution < -0.4 is 0 Å². The van der Waals surface area contributed by atoms with Crippen molar-refractivity contribution in [1.29, 1.82) is 0 Å². The first-order valence-electron chi connectivity index (χ1n) is 6.64. The van der Waals surface area contributed by atoms with Crippen LogP contribution in [0.1, 0.15) is 13.8 Å². The van der Waals surface area contributed by atoms with Crippen molar-refractivity contribution in [3.63, 3.8) is 0 Å². The third-order valence-electron chi connectivity index (χ3n) is 2.84. The monoisotopic (exact) mass is 294 g/mol. The van der Waals surface area contributed by atoms with Gasteiger partial charge in [-0.05, 0) is 57.9 Å². The molecule has 17 heavy (non-hydrogen) atoms. The summed E-state index contributed by atoms with van der Waals surface area (Å²) in [6.45, 7) is 20.2. The first-order valence-corrected chi connectivity index (χ1v) is 16.3. The molecular formula is C12H34O2Si3. The van der Waals surface area contributed by atoms with Crippen molar-refractivity contribution in [3.8, 4) is 0 Å². The summed E-state index contributed by atoms with van der Waals surface area (Å²) in [5.74, 6) is 0. The Labute approximate surface area is 112 Å². The Morgan fingerprint density at radius 3 is 1.12 bits per heavy atom. The number of hydrogen-bond donors (Lipinski definition) is 0. The molecule has 0 amide bonds. The van der Waals surface area contributed by atoms with Crippen LogP contribution in [0.5, 0.6) is 0 Å². The molecule has 0 heterocycles. The molecule has 0 fully saturated rings. The van der Waals surface area contributed by atoms with Gasteiger partial charge in [0.05, 0.1) is 0 Å². The zero-order chi connectivity index (χ0) is 14.3. The van der Waals surface area contributed by atoms with E-state index in [2.05, 4.69) is 59.7 Å². The Kier molecular flexibility index (Phi) is 9.23. The van der Waals surface area contributed by atoms with Crippen LogP contribution >= 0.6 is 0 Å². The fraction of sp³-hybridized carbons (Fsp3) is 1.00. The molecule has 0 radical (unpaired) electrons. The van der Waals surface area contributed by atoms with Crippen molar-refractivity contribution in [2.75, 3.05) is 7.11 Å². The second-order valence-electron chi connectivity index (χ2n) is 6.65. The number of rotatable bonds is 5. The molecule has 106 valence electrons. The van der Waals surface area contributed by atoms with Gasteiger partial charge in [-0.25, -0.2) is 0 Å². The maximum atomic E-state index is 6.05. The summed E-state index contributed by atoms with van der Waals surface area (Å²) in [5, 5.41) is 0. The minimum Gasteiger partial charge on any atom is -0.456 e. The lowest BCUT2D eigenvalue weighted by molar-refractivity contribution is 0.405. The lowest BCUT2D eigenvalue weighted by Gasteiger charge is -2.30. The van der Waals surface area contributed by atoms with Crippen molar-refractivity contribution in [1.82, 2.24) is 0 Å². The van der Waals surface area contributed by atoms with Gasteiger partial charge in [-0.2, -0.15) is 0 Å². The minimum absolute atomic E-state index is 1.15. The SMILES string of the molecule is CC[Si](C)(C)OC.CC[Si](C)(C)O[Si](C)(C)C. The van der Waals surface area contributed by atoms with E-state index in [0.717, 1.165) is 0 Å². The molecule has 0 atom stereocenters. The van der Waals surface area contributed by atoms with Crippen molar-refractivity contribution < 1.29 is 8.54 Å². The normalized spacial score (nSPS) is 13.1. The lowest BCUT2D eigenvalue weighted by atomic mass is 11.0. The summed E-state index contributed by atoms with van der Waals surface area (Å²) >= 11 is 0. The van der Waals surface area contributed by atoms with E-state index < -0.39 is 25.0 Å². The molecule has 5 heteroatoms. The van der Waals surface area contributed by atoms with Gasteiger partial charge in [0.1, 0.15) is 0 Å². The summed E-state index contributed by atoms with van der Waals surface area (Å²) in [5.41, 5.74) is 0. The highest BCUT2D eigenvalue weighted by molar-refractivity contribution is 6.84. The lowest BCUT2D eigenvalue weighted by Crippen LogP contribution is -2.41. The summed E-state index contributed by atoms with van der Waals surface area (Å²) < 4.78 is 11.3. The van der Waals surface area contributed by atoms with E-state index in [1.807, 2.05) is 0 Å². The van der Waals surface area contributed by atoms with E-state index in [4.69, 9.17) is 8.54 Å². The molecule has 0 aliphatic carbocycles. The molecule has 0 aromatic rings. The van der Waals surface area contributed by atoms with Crippen molar-refractivity contribution >= 4 is 25.0 Å². The second kappa shape index (κ2) is 7.89. The molecule has 0 bridgehead atoms. The van der Waals surface area contributed by atoms with Crippen molar-refractivity contribution in [2.24, 2.45) is 0 Å². The largest absolute Gasteiger partial charge is 0.456 e. The fourth-order valence-corrected chi connectivity index (χ4v) is 8.54. The predicted octanol–water partition coefficient (Wildman–Crippen LogP) is 4.92. The van der Waals surface area contributed by atoms with E-state index in [0.29, 0.717) is 0 Å². The predicted molar refractivity (Wildman–Crippen MR) is 87.4 cm³/mol. The first kappa shape index (κ1) is 19.9. The van der Waals surface area contributed by atoms with E-state index in [1.165, 1.54) is 12.1 Å². The minimum atomic E-state index is -1.25. The summed E-state index contributed by atoms with van der Waals surface area (Å²) in [6, 6.07) is 2.45. The molecule has 0 unspecified atom stereocenters. The van der Waals surface area contributed by atoms with E-state index in [-0.39, 0.29) is 0 Å². The van der Waals surface area contributed by atoms with Crippen LogP contribution in [-0.4, -0.2) is 32.1 Å². The van der Waals surface area contributed by atoms with Gasteiger partial charge in [-0.3, -0.25) is 0 Å². The van der Waals surface area contributed by atoms with Crippen LogP contribution in [0.15, 0.2) is 0 Å². The molecule has 0 aliphatic heterocycles. The summed E-state index contributed by atoms with van der Waals surface area (Å²) in [6.07, 6.45) is 0. The quantitative estimate of drug-likeness (QED) is 0.670. The zero-order valence-electron chi connectivity index (χ0n) is 13.7. The van der Waals surface area contributed by atoms with Crippen LogP contribution in [0, 0.1) is 0 Å². The average Bonchev–Trinajstić information content (AvgIpc) is 2.15. The first-order chi connectivity index (χ1) is 7.39. The summed E-state index contributed by atoms with van der Waals surface area (Å²) in [4.78, 5) is 0. The molecule has 0 spiro atoms. The topological polar surface area (TPSA) is 18.5 Å². The molecular weight excluding hydrogens is 260 g/mol. The average molecular weight is 295 g/mol. The molecule has 0 aliphatic rings. The summed E-state index contributed by atoms with van der Waals surface area (Å²) in [7, 11) is -1.85. The molecule has 0 aromatic carbocycles. The Bertz CT molecular complexity index is 192. The van der Waals surface area contributed by atoms with Crippen LogP contribution in [0.25, 0.3) is 0 Å². The van der Waals surface area contributed by atoms with Gasteiger partial charge < -0.3 is 8.54 Å². The number of hydrogen-bond acceptors (Lipinski definition) is 2. The van der Waals surface area contributed by atoms with Gasteiger partial charge in [0.2, 0.25) is 0 Å². The Morgan fingerprint density at radius 1 is 0.706 bits per heavy atom. The van der Waals surface area contributed by atoms with Gasteiger partial charge in [0.15, 0.2) is 25.0 Å². The van der Waals surface area contributed by atoms with E-state index in [9.17, 15) is 0 Å². The van der Waals surface area contributed by atoms with Gasteiger partial charge in [-0.1, -0.05) is 13.8 Å². The van der Waals surface area contributed by atoms with Gasteiger partial charge in [0, 0.05) is 7.11 Å². The van der Waals surface area contributed by atoms with Gasteiger partial charge in [-0.15, -0.1) is 0 Å². The third-order valence-corrected chi connectivity index (χ3v) is 12.0. The van der Waals surface area contributed by atoms with Crippen LogP contribution in [0.3, 0.4) is 0 Å². The van der Waals surface area contributed by atoms with Crippen molar-refractivity contribution in [3.05, 3.63) is 0 Å². The van der Waals surface area contributed by atoms with E-state index in [1.54, 1.807) is 7.11 Å². The fourth-order valence-electron chi connectivity index (χ4n) is 1.05. The Balaban J connectivity index is 0. The highest BCUT2D eigenvalue weighted by Crippen LogP contribution is 2.16. The highest BCUT2D eigenvalue weighted by Gasteiger charge is 2.27. The van der Waals surface area contributed by atoms with Gasteiger partial charge in [0.25, 0.3) is 0 Å². The maximum absolute atomic E-state index is 6.05. The highest BCUT2D eigenvalue weighted by atomic mass is 28.4. The Morgan fingerprint density at radius 2 is 1.06 bits per heavy atom. The zero-order valence-corrected chi connectivity index (χ0v) is 16.7. The molecule has 0 N–H and O–H groups in total. The van der Waals surface area contributed by atoms with E-state index >= 15 is 0 Å². The van der Waals surface area contributed by atoms with Crippen LogP contribution in [0.2, 0.25) is 57.9 Å². The maximum Gasteiger partial charge on any atom is 0.185 e. The molecule has 0 saturated carbocycles. The molecule has 0 rings (SSSR count). The smallest absolute Gasteiger partial charge is 0.185 e. The second-order valence-corrected chi connectivity index (χ2v) is 20.5. The standard InChI is InChI=1S/C7H20OSi2.C5H14OSi/c1-7-10(5,6)8-9(2,3)4;1-5-7(3,4)6-2/h7H2,1-6H3;5H2,1-4H3. The molecule has 0 saturated heterocycles. The van der Waals surface area contributed by atoms with Crippen LogP contribution in [-0.2, 0) is 8.54 Å². The molecule has 2 nitrogen and oxygen atoms in total. The van der Waals surface area contributed by atoms with Crippen molar-refractivity contribution in [2.45, 2.75) is 71.8 Å². The van der Waals surface area contributed by atoms with Gasteiger partial charge >= 0.3 is 0 Å². The molecule has 0 aromatic heterocycles. The Hall–Kier alpha value is 0.571. The third kappa shape index (κ3) is 14.5.